The Bertz CT molecular complexity index is 585. The van der Waals surface area contributed by atoms with E-state index in [1.54, 1.807) is 6.07 Å². The number of ether oxygens (including phenoxy) is 3. The van der Waals surface area contributed by atoms with Crippen molar-refractivity contribution in [1.82, 2.24) is 0 Å². The Morgan fingerprint density at radius 1 is 1.18 bits per heavy atom. The zero-order valence-corrected chi connectivity index (χ0v) is 12.8. The van der Waals surface area contributed by atoms with Crippen molar-refractivity contribution in [2.24, 2.45) is 0 Å². The third-order valence-electron chi connectivity index (χ3n) is 3.44. The number of anilines is 2. The molecule has 22 heavy (non-hydrogen) atoms. The van der Waals surface area contributed by atoms with Crippen molar-refractivity contribution in [1.29, 1.82) is 0 Å². The van der Waals surface area contributed by atoms with Gasteiger partial charge < -0.3 is 24.4 Å². The summed E-state index contributed by atoms with van der Waals surface area (Å²) in [7, 11) is 0. The van der Waals surface area contributed by atoms with E-state index in [1.165, 1.54) is 6.26 Å². The summed E-state index contributed by atoms with van der Waals surface area (Å²) in [6.45, 7) is 3.56. The Hall–Kier alpha value is -1.92. The van der Waals surface area contributed by atoms with E-state index in [0.717, 1.165) is 18.8 Å². The van der Waals surface area contributed by atoms with Crippen LogP contribution < -0.4 is 10.2 Å². The first-order chi connectivity index (χ1) is 10.8. The molecule has 7 heteroatoms. The van der Waals surface area contributed by atoms with Gasteiger partial charge in [-0.2, -0.15) is 0 Å². The molecular formula is C15H17ClN2O4. The molecule has 0 aliphatic carbocycles. The molecule has 0 atom stereocenters. The second kappa shape index (κ2) is 6.89. The molecule has 118 valence electrons. The average Bonchev–Trinajstić information content (AvgIpc) is 2.56. The van der Waals surface area contributed by atoms with E-state index >= 15 is 0 Å². The van der Waals surface area contributed by atoms with Gasteiger partial charge in [0.05, 0.1) is 29.6 Å². The van der Waals surface area contributed by atoms with Gasteiger partial charge in [0.2, 0.25) is 5.76 Å². The molecule has 1 N–H and O–H groups in total. The van der Waals surface area contributed by atoms with Gasteiger partial charge in [0, 0.05) is 13.1 Å². The lowest BCUT2D eigenvalue weighted by atomic mass is 10.2. The fourth-order valence-corrected chi connectivity index (χ4v) is 2.69. The Labute approximate surface area is 133 Å². The first-order valence-corrected chi connectivity index (χ1v) is 7.50. The van der Waals surface area contributed by atoms with Crippen molar-refractivity contribution in [2.45, 2.75) is 0 Å². The van der Waals surface area contributed by atoms with Crippen LogP contribution in [0.3, 0.4) is 0 Å². The first-order valence-electron chi connectivity index (χ1n) is 7.13. The predicted molar refractivity (Wildman–Crippen MR) is 83.1 cm³/mol. The van der Waals surface area contributed by atoms with Gasteiger partial charge in [0.1, 0.15) is 19.5 Å². The Morgan fingerprint density at radius 2 is 2.00 bits per heavy atom. The third-order valence-corrected chi connectivity index (χ3v) is 3.74. The molecule has 1 amide bonds. The van der Waals surface area contributed by atoms with Crippen LogP contribution in [0.4, 0.5) is 11.4 Å². The maximum absolute atomic E-state index is 12.2. The highest BCUT2D eigenvalue weighted by Crippen LogP contribution is 2.34. The third kappa shape index (κ3) is 3.28. The van der Waals surface area contributed by atoms with Gasteiger partial charge in [-0.05, 0) is 12.1 Å². The second-order valence-corrected chi connectivity index (χ2v) is 5.30. The predicted octanol–water partition coefficient (Wildman–Crippen LogP) is 2.00. The monoisotopic (exact) mass is 324 g/mol. The number of carbonyl (C=O) groups is 1. The van der Waals surface area contributed by atoms with Crippen molar-refractivity contribution in [3.05, 3.63) is 35.2 Å². The lowest BCUT2D eigenvalue weighted by Gasteiger charge is -2.31. The number of amides is 1. The number of morpholine rings is 1. The molecule has 2 heterocycles. The molecule has 2 aliphatic heterocycles. The van der Waals surface area contributed by atoms with Gasteiger partial charge in [-0.1, -0.05) is 17.7 Å². The van der Waals surface area contributed by atoms with Gasteiger partial charge in [-0.25, -0.2) is 0 Å². The summed E-state index contributed by atoms with van der Waals surface area (Å²) in [5.74, 6) is -0.185. The maximum atomic E-state index is 12.2. The molecule has 1 aromatic carbocycles. The van der Waals surface area contributed by atoms with Gasteiger partial charge in [-0.3, -0.25) is 4.79 Å². The minimum Gasteiger partial charge on any atom is -0.494 e. The fourth-order valence-electron chi connectivity index (χ4n) is 2.40. The highest BCUT2D eigenvalue weighted by Gasteiger charge is 2.21. The Balaban J connectivity index is 1.82. The number of benzene rings is 1. The number of carbonyl (C=O) groups excluding carboxylic acids is 1. The topological polar surface area (TPSA) is 60.0 Å². The highest BCUT2D eigenvalue weighted by molar-refractivity contribution is 6.34. The number of rotatable bonds is 3. The highest BCUT2D eigenvalue weighted by atomic mass is 35.5. The molecule has 0 radical (unpaired) electrons. The van der Waals surface area contributed by atoms with E-state index in [1.807, 2.05) is 12.1 Å². The largest absolute Gasteiger partial charge is 0.494 e. The quantitative estimate of drug-likeness (QED) is 0.921. The van der Waals surface area contributed by atoms with Crippen LogP contribution in [0.25, 0.3) is 0 Å². The zero-order valence-electron chi connectivity index (χ0n) is 12.0. The number of para-hydroxylation sites is 1. The smallest absolute Gasteiger partial charge is 0.294 e. The lowest BCUT2D eigenvalue weighted by molar-refractivity contribution is -0.117. The minimum atomic E-state index is -0.350. The summed E-state index contributed by atoms with van der Waals surface area (Å²) in [5, 5.41) is 3.43. The second-order valence-electron chi connectivity index (χ2n) is 4.89. The maximum Gasteiger partial charge on any atom is 0.294 e. The van der Waals surface area contributed by atoms with E-state index in [-0.39, 0.29) is 11.7 Å². The van der Waals surface area contributed by atoms with Crippen molar-refractivity contribution in [3.8, 4) is 0 Å². The molecule has 0 unspecified atom stereocenters. The molecule has 3 rings (SSSR count). The van der Waals surface area contributed by atoms with Gasteiger partial charge >= 0.3 is 0 Å². The standard InChI is InChI=1S/C15H17ClN2O4/c16-11-2-1-3-12(14(11)18-4-6-20-7-5-18)17-15(19)13-10-21-8-9-22-13/h1-3,10H,4-9H2,(H,17,19). The number of halogens is 1. The first kappa shape index (κ1) is 15.0. The van der Waals surface area contributed by atoms with Crippen LogP contribution in [0.5, 0.6) is 0 Å². The van der Waals surface area contributed by atoms with Crippen LogP contribution in [-0.4, -0.2) is 45.4 Å². The molecule has 6 nitrogen and oxygen atoms in total. The van der Waals surface area contributed by atoms with Crippen LogP contribution >= 0.6 is 11.6 Å². The van der Waals surface area contributed by atoms with Crippen LogP contribution in [0.2, 0.25) is 5.02 Å². The van der Waals surface area contributed by atoms with Crippen molar-refractivity contribution in [2.75, 3.05) is 49.7 Å². The van der Waals surface area contributed by atoms with Crippen LogP contribution in [0, 0.1) is 0 Å². The molecule has 0 aromatic heterocycles. The number of nitrogens with one attached hydrogen (secondary N) is 1. The summed E-state index contributed by atoms with van der Waals surface area (Å²) < 4.78 is 15.8. The number of nitrogens with zero attached hydrogens (tertiary/aromatic N) is 1. The van der Waals surface area contributed by atoms with Crippen molar-refractivity contribution in [3.63, 3.8) is 0 Å². The molecule has 0 bridgehead atoms. The number of hydrogen-bond donors (Lipinski definition) is 1. The van der Waals surface area contributed by atoms with Crippen molar-refractivity contribution < 1.29 is 19.0 Å². The van der Waals surface area contributed by atoms with Crippen molar-refractivity contribution >= 4 is 28.9 Å². The molecule has 0 saturated carbocycles. The van der Waals surface area contributed by atoms with Crippen LogP contribution in [-0.2, 0) is 19.0 Å². The van der Waals surface area contributed by atoms with E-state index in [9.17, 15) is 4.79 Å². The zero-order chi connectivity index (χ0) is 15.4. The number of hydrogen-bond acceptors (Lipinski definition) is 5. The molecule has 2 aliphatic rings. The summed E-state index contributed by atoms with van der Waals surface area (Å²) in [6, 6.07) is 5.43. The van der Waals surface area contributed by atoms with Gasteiger partial charge in [0.25, 0.3) is 5.91 Å². The van der Waals surface area contributed by atoms with E-state index in [4.69, 9.17) is 25.8 Å². The van der Waals surface area contributed by atoms with Crippen LogP contribution in [0.15, 0.2) is 30.2 Å². The summed E-state index contributed by atoms with van der Waals surface area (Å²) >= 11 is 6.33. The SMILES string of the molecule is O=C(Nc1cccc(Cl)c1N1CCOCC1)C1=COCCO1. The molecular weight excluding hydrogens is 308 g/mol. The fraction of sp³-hybridized carbons (Fsp3) is 0.400. The van der Waals surface area contributed by atoms with E-state index < -0.39 is 0 Å². The lowest BCUT2D eigenvalue weighted by Crippen LogP contribution is -2.37. The van der Waals surface area contributed by atoms with E-state index in [0.29, 0.717) is 37.1 Å². The minimum absolute atomic E-state index is 0.166. The molecule has 1 aromatic rings. The van der Waals surface area contributed by atoms with Gasteiger partial charge in [0.15, 0.2) is 0 Å². The Morgan fingerprint density at radius 3 is 2.73 bits per heavy atom. The molecule has 0 spiro atoms. The van der Waals surface area contributed by atoms with Gasteiger partial charge in [-0.15, -0.1) is 0 Å². The van der Waals surface area contributed by atoms with Crippen LogP contribution in [0.1, 0.15) is 0 Å². The van der Waals surface area contributed by atoms with E-state index in [2.05, 4.69) is 10.2 Å². The summed E-state index contributed by atoms with van der Waals surface area (Å²) in [6.07, 6.45) is 1.33. The Kier molecular flexibility index (Phi) is 4.70. The summed E-state index contributed by atoms with van der Waals surface area (Å²) in [5.41, 5.74) is 1.45. The molecule has 1 saturated heterocycles. The molecule has 1 fully saturated rings. The average molecular weight is 325 g/mol. The normalized spacial score (nSPS) is 18.0. The summed E-state index contributed by atoms with van der Waals surface area (Å²) in [4.78, 5) is 14.3.